The third-order valence-corrected chi connectivity index (χ3v) is 5.77. The standard InChI is InChI=1S/C22H27ClN2O4/c1-16-10-19(3-4-20(16)23)27-14-18(26)13-25-8-6-24(7-9-25)12-17-2-5-21-22(11-17)29-15-28-21/h2-5,10-11,18,26H,6-9,12-15H2,1H3/t18-/m1/s1. The highest BCUT2D eigenvalue weighted by molar-refractivity contribution is 6.31. The highest BCUT2D eigenvalue weighted by Crippen LogP contribution is 2.32. The lowest BCUT2D eigenvalue weighted by Gasteiger charge is -2.35. The fourth-order valence-electron chi connectivity index (χ4n) is 3.68. The van der Waals surface area contributed by atoms with E-state index in [0.29, 0.717) is 13.3 Å². The van der Waals surface area contributed by atoms with Crippen molar-refractivity contribution in [1.82, 2.24) is 9.80 Å². The second-order valence-electron chi connectivity index (χ2n) is 7.64. The molecule has 2 aromatic carbocycles. The minimum absolute atomic E-state index is 0.276. The monoisotopic (exact) mass is 418 g/mol. The highest BCUT2D eigenvalue weighted by atomic mass is 35.5. The second kappa shape index (κ2) is 9.22. The second-order valence-corrected chi connectivity index (χ2v) is 8.05. The molecule has 1 fully saturated rings. The van der Waals surface area contributed by atoms with Crippen molar-refractivity contribution in [1.29, 1.82) is 0 Å². The van der Waals surface area contributed by atoms with Gasteiger partial charge < -0.3 is 19.3 Å². The van der Waals surface area contributed by atoms with Gasteiger partial charge in [-0.25, -0.2) is 0 Å². The number of nitrogens with zero attached hydrogens (tertiary/aromatic N) is 2. The largest absolute Gasteiger partial charge is 0.491 e. The Morgan fingerprint density at radius 2 is 1.79 bits per heavy atom. The first-order valence-corrected chi connectivity index (χ1v) is 10.3. The van der Waals surface area contributed by atoms with Crippen LogP contribution in [0.2, 0.25) is 5.02 Å². The minimum Gasteiger partial charge on any atom is -0.491 e. The van der Waals surface area contributed by atoms with Gasteiger partial charge >= 0.3 is 0 Å². The van der Waals surface area contributed by atoms with Crippen LogP contribution in [-0.2, 0) is 6.54 Å². The lowest BCUT2D eigenvalue weighted by molar-refractivity contribution is 0.0446. The molecule has 29 heavy (non-hydrogen) atoms. The molecule has 0 bridgehead atoms. The van der Waals surface area contributed by atoms with Crippen molar-refractivity contribution in [3.63, 3.8) is 0 Å². The van der Waals surface area contributed by atoms with E-state index in [1.165, 1.54) is 5.56 Å². The maximum absolute atomic E-state index is 10.3. The maximum atomic E-state index is 10.3. The Labute approximate surface area is 176 Å². The first-order chi connectivity index (χ1) is 14.1. The molecule has 0 saturated carbocycles. The third kappa shape index (κ3) is 5.34. The number of hydrogen-bond acceptors (Lipinski definition) is 6. The van der Waals surface area contributed by atoms with Crippen LogP contribution in [-0.4, -0.2) is 67.1 Å². The Morgan fingerprint density at radius 1 is 1.03 bits per heavy atom. The summed E-state index contributed by atoms with van der Waals surface area (Å²) in [4.78, 5) is 4.71. The Morgan fingerprint density at radius 3 is 2.59 bits per heavy atom. The van der Waals surface area contributed by atoms with Crippen molar-refractivity contribution in [2.45, 2.75) is 19.6 Å². The molecule has 2 aromatic rings. The van der Waals surface area contributed by atoms with Gasteiger partial charge in [0, 0.05) is 44.3 Å². The van der Waals surface area contributed by atoms with E-state index in [4.69, 9.17) is 25.8 Å². The number of halogens is 1. The van der Waals surface area contributed by atoms with Crippen molar-refractivity contribution in [3.05, 3.63) is 52.5 Å². The van der Waals surface area contributed by atoms with E-state index in [2.05, 4.69) is 21.9 Å². The molecule has 2 heterocycles. The summed E-state index contributed by atoms with van der Waals surface area (Å²) >= 11 is 6.03. The lowest BCUT2D eigenvalue weighted by Crippen LogP contribution is -2.48. The van der Waals surface area contributed by atoms with Gasteiger partial charge in [-0.1, -0.05) is 17.7 Å². The summed E-state index contributed by atoms with van der Waals surface area (Å²) in [7, 11) is 0. The fourth-order valence-corrected chi connectivity index (χ4v) is 3.80. The van der Waals surface area contributed by atoms with Gasteiger partial charge in [0.2, 0.25) is 6.79 Å². The molecule has 2 aliphatic heterocycles. The van der Waals surface area contributed by atoms with Crippen LogP contribution in [0, 0.1) is 6.92 Å². The molecule has 1 atom stereocenters. The number of ether oxygens (including phenoxy) is 3. The molecule has 4 rings (SSSR count). The molecular weight excluding hydrogens is 392 g/mol. The number of aliphatic hydroxyl groups is 1. The van der Waals surface area contributed by atoms with Crippen LogP contribution in [0.25, 0.3) is 0 Å². The van der Waals surface area contributed by atoms with Crippen LogP contribution in [0.1, 0.15) is 11.1 Å². The molecule has 156 valence electrons. The van der Waals surface area contributed by atoms with Crippen molar-refractivity contribution in [2.75, 3.05) is 46.1 Å². The molecule has 0 spiro atoms. The van der Waals surface area contributed by atoms with E-state index in [1.807, 2.05) is 31.2 Å². The number of rotatable bonds is 7. The van der Waals surface area contributed by atoms with E-state index < -0.39 is 6.10 Å². The molecule has 0 aliphatic carbocycles. The molecule has 1 saturated heterocycles. The normalized spacial score (nSPS) is 18.0. The molecule has 6 nitrogen and oxygen atoms in total. The Kier molecular flexibility index (Phi) is 6.45. The van der Waals surface area contributed by atoms with Gasteiger partial charge in [-0.05, 0) is 48.4 Å². The van der Waals surface area contributed by atoms with Gasteiger partial charge in [0.1, 0.15) is 18.5 Å². The van der Waals surface area contributed by atoms with Crippen LogP contribution < -0.4 is 14.2 Å². The van der Waals surface area contributed by atoms with Crippen LogP contribution in [0.4, 0.5) is 0 Å². The van der Waals surface area contributed by atoms with Gasteiger partial charge in [-0.2, -0.15) is 0 Å². The zero-order valence-electron chi connectivity index (χ0n) is 16.6. The summed E-state index contributed by atoms with van der Waals surface area (Å²) < 4.78 is 16.5. The summed E-state index contributed by atoms with van der Waals surface area (Å²) in [5, 5.41) is 11.1. The summed E-state index contributed by atoms with van der Waals surface area (Å²) in [6.45, 7) is 7.84. The molecule has 0 aromatic heterocycles. The zero-order chi connectivity index (χ0) is 20.2. The molecular formula is C22H27ClN2O4. The van der Waals surface area contributed by atoms with E-state index in [0.717, 1.165) is 60.6 Å². The minimum atomic E-state index is -0.522. The fraction of sp³-hybridized carbons (Fsp3) is 0.455. The van der Waals surface area contributed by atoms with Gasteiger partial charge in [0.25, 0.3) is 0 Å². The van der Waals surface area contributed by atoms with Crippen molar-refractivity contribution in [2.24, 2.45) is 0 Å². The first kappa shape index (κ1) is 20.3. The van der Waals surface area contributed by atoms with Crippen LogP contribution in [0.15, 0.2) is 36.4 Å². The SMILES string of the molecule is Cc1cc(OC[C@H](O)CN2CCN(Cc3ccc4c(c3)OCO4)CC2)ccc1Cl. The lowest BCUT2D eigenvalue weighted by atomic mass is 10.1. The van der Waals surface area contributed by atoms with Crippen molar-refractivity contribution in [3.8, 4) is 17.2 Å². The number of hydrogen-bond donors (Lipinski definition) is 1. The van der Waals surface area contributed by atoms with E-state index in [-0.39, 0.29) is 6.61 Å². The Bertz CT molecular complexity index is 840. The maximum Gasteiger partial charge on any atom is 0.231 e. The summed E-state index contributed by atoms with van der Waals surface area (Å²) in [6, 6.07) is 11.7. The number of aliphatic hydroxyl groups excluding tert-OH is 1. The summed E-state index contributed by atoms with van der Waals surface area (Å²) in [5.41, 5.74) is 2.20. The van der Waals surface area contributed by atoms with Gasteiger partial charge in [0.15, 0.2) is 11.5 Å². The molecule has 0 radical (unpaired) electrons. The number of benzene rings is 2. The average molecular weight is 419 g/mol. The Hall–Kier alpha value is -1.99. The van der Waals surface area contributed by atoms with E-state index >= 15 is 0 Å². The van der Waals surface area contributed by atoms with Gasteiger partial charge in [-0.3, -0.25) is 9.80 Å². The smallest absolute Gasteiger partial charge is 0.231 e. The van der Waals surface area contributed by atoms with Crippen LogP contribution in [0.5, 0.6) is 17.2 Å². The first-order valence-electron chi connectivity index (χ1n) is 9.97. The predicted octanol–water partition coefficient (Wildman–Crippen LogP) is 2.93. The van der Waals surface area contributed by atoms with Crippen molar-refractivity contribution >= 4 is 11.6 Å². The molecule has 0 unspecified atom stereocenters. The third-order valence-electron chi connectivity index (χ3n) is 5.35. The number of fused-ring (bicyclic) bond motifs is 1. The topological polar surface area (TPSA) is 54.4 Å². The molecule has 0 amide bonds. The molecule has 2 aliphatic rings. The summed E-state index contributed by atoms with van der Waals surface area (Å²) in [5.74, 6) is 2.39. The van der Waals surface area contributed by atoms with Gasteiger partial charge in [0.05, 0.1) is 0 Å². The zero-order valence-corrected chi connectivity index (χ0v) is 17.4. The number of piperazine rings is 1. The highest BCUT2D eigenvalue weighted by Gasteiger charge is 2.21. The number of aryl methyl sites for hydroxylation is 1. The molecule has 1 N–H and O–H groups in total. The Balaban J connectivity index is 1.19. The molecule has 7 heteroatoms. The predicted molar refractivity (Wildman–Crippen MR) is 112 cm³/mol. The van der Waals surface area contributed by atoms with E-state index in [1.54, 1.807) is 0 Å². The number of β-amino-alcohol motifs (C(OH)–C–C–N with tert-alkyl or cyclic N) is 1. The quantitative estimate of drug-likeness (QED) is 0.746. The van der Waals surface area contributed by atoms with Gasteiger partial charge in [-0.15, -0.1) is 0 Å². The van der Waals surface area contributed by atoms with Crippen molar-refractivity contribution < 1.29 is 19.3 Å². The van der Waals surface area contributed by atoms with Crippen LogP contribution in [0.3, 0.4) is 0 Å². The van der Waals surface area contributed by atoms with Crippen LogP contribution >= 0.6 is 11.6 Å². The van der Waals surface area contributed by atoms with E-state index in [9.17, 15) is 5.11 Å². The summed E-state index contributed by atoms with van der Waals surface area (Å²) in [6.07, 6.45) is -0.522. The average Bonchev–Trinajstić information content (AvgIpc) is 3.18.